The van der Waals surface area contributed by atoms with Crippen LogP contribution >= 0.6 is 0 Å². The summed E-state index contributed by atoms with van der Waals surface area (Å²) in [4.78, 5) is 29.9. The lowest BCUT2D eigenvalue weighted by molar-refractivity contribution is -0.138. The third-order valence-corrected chi connectivity index (χ3v) is 4.77. The van der Waals surface area contributed by atoms with Crippen molar-refractivity contribution in [1.29, 1.82) is 0 Å². The average Bonchev–Trinajstić information content (AvgIpc) is 2.59. The summed E-state index contributed by atoms with van der Waals surface area (Å²) in [6, 6.07) is 4.55. The summed E-state index contributed by atoms with van der Waals surface area (Å²) in [5, 5.41) is 0. The first-order chi connectivity index (χ1) is 12.9. The first kappa shape index (κ1) is 20.3. The number of halogens is 3. The number of benzene rings is 1. The van der Waals surface area contributed by atoms with Crippen molar-refractivity contribution in [3.8, 4) is 0 Å². The van der Waals surface area contributed by atoms with Crippen LogP contribution in [0.5, 0.6) is 0 Å². The molecular weight excluding hydrogens is 375 g/mol. The number of carbonyl (C=O) groups excluding carboxylic acids is 2. The highest BCUT2D eigenvalue weighted by Crippen LogP contribution is 2.31. The second-order valence-corrected chi connectivity index (χ2v) is 8.09. The third kappa shape index (κ3) is 4.51. The largest absolute Gasteiger partial charge is 0.444 e. The Morgan fingerprint density at radius 3 is 2.29 bits per heavy atom. The van der Waals surface area contributed by atoms with Crippen molar-refractivity contribution in [3.05, 3.63) is 29.8 Å². The Kier molecular flexibility index (Phi) is 5.20. The summed E-state index contributed by atoms with van der Waals surface area (Å²) in [5.74, 6) is -0.0972. The van der Waals surface area contributed by atoms with Crippen LogP contribution in [-0.2, 0) is 15.7 Å². The van der Waals surface area contributed by atoms with Crippen LogP contribution in [0.25, 0.3) is 0 Å². The van der Waals surface area contributed by atoms with Crippen LogP contribution in [0.3, 0.4) is 0 Å². The highest BCUT2D eigenvalue weighted by molar-refractivity contribution is 5.84. The molecule has 0 bridgehead atoms. The average molecular weight is 399 g/mol. The lowest BCUT2D eigenvalue weighted by Gasteiger charge is -2.47. The molecule has 1 atom stereocenters. The molecule has 9 heteroatoms. The molecule has 0 spiro atoms. The fourth-order valence-electron chi connectivity index (χ4n) is 3.46. The predicted octanol–water partition coefficient (Wildman–Crippen LogP) is 2.97. The Bertz CT molecular complexity index is 744. The molecule has 1 aromatic carbocycles. The molecule has 0 saturated carbocycles. The van der Waals surface area contributed by atoms with Gasteiger partial charge < -0.3 is 19.4 Å². The molecule has 154 valence electrons. The maximum absolute atomic E-state index is 12.8. The van der Waals surface area contributed by atoms with Crippen LogP contribution in [0.15, 0.2) is 24.3 Å². The lowest BCUT2D eigenvalue weighted by Crippen LogP contribution is -2.65. The van der Waals surface area contributed by atoms with Crippen molar-refractivity contribution < 1.29 is 27.5 Å². The molecule has 2 saturated heterocycles. The fraction of sp³-hybridized carbons (Fsp3) is 0.579. The van der Waals surface area contributed by atoms with E-state index in [2.05, 4.69) is 0 Å². The molecule has 0 aromatic heterocycles. The minimum Gasteiger partial charge on any atom is -0.444 e. The molecule has 6 nitrogen and oxygen atoms in total. The Morgan fingerprint density at radius 2 is 1.71 bits per heavy atom. The van der Waals surface area contributed by atoms with Crippen LogP contribution in [0.4, 0.5) is 23.7 Å². The number of alkyl halides is 3. The highest BCUT2D eigenvalue weighted by Gasteiger charge is 2.39. The molecule has 2 aliphatic rings. The lowest BCUT2D eigenvalue weighted by atomic mass is 10.1. The Morgan fingerprint density at radius 1 is 1.07 bits per heavy atom. The molecule has 1 aromatic rings. The molecule has 28 heavy (non-hydrogen) atoms. The van der Waals surface area contributed by atoms with Gasteiger partial charge in [0.2, 0.25) is 5.91 Å². The number of piperazine rings is 2. The van der Waals surface area contributed by atoms with Gasteiger partial charge in [-0.3, -0.25) is 4.79 Å². The second kappa shape index (κ2) is 7.18. The van der Waals surface area contributed by atoms with Crippen LogP contribution < -0.4 is 4.90 Å². The van der Waals surface area contributed by atoms with Gasteiger partial charge in [0.1, 0.15) is 5.60 Å². The summed E-state index contributed by atoms with van der Waals surface area (Å²) in [5.41, 5.74) is -0.784. The monoisotopic (exact) mass is 399 g/mol. The van der Waals surface area contributed by atoms with Crippen molar-refractivity contribution in [2.45, 2.75) is 38.6 Å². The van der Waals surface area contributed by atoms with E-state index in [0.717, 1.165) is 12.1 Å². The number of nitrogens with zero attached hydrogens (tertiary/aromatic N) is 3. The number of hydrogen-bond donors (Lipinski definition) is 0. The molecule has 2 amide bonds. The summed E-state index contributed by atoms with van der Waals surface area (Å²) >= 11 is 0. The molecule has 0 radical (unpaired) electrons. The van der Waals surface area contributed by atoms with Crippen LogP contribution in [0.1, 0.15) is 26.3 Å². The molecule has 1 unspecified atom stereocenters. The topological polar surface area (TPSA) is 53.1 Å². The smallest absolute Gasteiger partial charge is 0.416 e. The van der Waals surface area contributed by atoms with E-state index in [1.54, 1.807) is 35.5 Å². The number of hydrogen-bond acceptors (Lipinski definition) is 4. The van der Waals surface area contributed by atoms with E-state index in [1.807, 2.05) is 0 Å². The third-order valence-electron chi connectivity index (χ3n) is 4.77. The summed E-state index contributed by atoms with van der Waals surface area (Å²) in [6.07, 6.45) is -4.82. The van der Waals surface area contributed by atoms with Gasteiger partial charge in [0.15, 0.2) is 0 Å². The minimum atomic E-state index is -4.40. The molecule has 0 aliphatic carbocycles. The number of ether oxygens (including phenoxy) is 1. The number of rotatable bonds is 1. The predicted molar refractivity (Wildman–Crippen MR) is 97.0 cm³/mol. The quantitative estimate of drug-likeness (QED) is 0.729. The normalized spacial score (nSPS) is 20.9. The van der Waals surface area contributed by atoms with Gasteiger partial charge in [-0.1, -0.05) is 0 Å². The molecule has 0 N–H and O–H groups in total. The second-order valence-electron chi connectivity index (χ2n) is 8.09. The van der Waals surface area contributed by atoms with E-state index in [1.165, 1.54) is 12.1 Å². The Labute approximate surface area is 161 Å². The van der Waals surface area contributed by atoms with Gasteiger partial charge >= 0.3 is 12.3 Å². The van der Waals surface area contributed by atoms with Gasteiger partial charge in [0.25, 0.3) is 0 Å². The van der Waals surface area contributed by atoms with Crippen molar-refractivity contribution >= 4 is 17.7 Å². The maximum atomic E-state index is 12.8. The van der Waals surface area contributed by atoms with Crippen molar-refractivity contribution in [2.24, 2.45) is 0 Å². The molecule has 2 fully saturated rings. The Balaban J connectivity index is 1.70. The zero-order valence-corrected chi connectivity index (χ0v) is 16.1. The van der Waals surface area contributed by atoms with Crippen molar-refractivity contribution in [1.82, 2.24) is 9.80 Å². The summed E-state index contributed by atoms with van der Waals surface area (Å²) in [7, 11) is 0. The molecule has 2 aliphatic heterocycles. The summed E-state index contributed by atoms with van der Waals surface area (Å²) < 4.78 is 43.7. The SMILES string of the molecule is CC(C)(C)OC(=O)N1CCN2C(=O)CN(c3ccc(C(F)(F)F)cc3)CC2C1. The van der Waals surface area contributed by atoms with E-state index in [4.69, 9.17) is 4.74 Å². The van der Waals surface area contributed by atoms with Gasteiger partial charge in [-0.25, -0.2) is 4.79 Å². The molecule has 3 rings (SSSR count). The van der Waals surface area contributed by atoms with Gasteiger partial charge in [0, 0.05) is 31.9 Å². The van der Waals surface area contributed by atoms with E-state index in [-0.39, 0.29) is 18.5 Å². The zero-order chi connectivity index (χ0) is 20.7. The van der Waals surface area contributed by atoms with Gasteiger partial charge in [-0.05, 0) is 45.0 Å². The number of carbonyl (C=O) groups is 2. The first-order valence-corrected chi connectivity index (χ1v) is 9.14. The molecular formula is C19H24F3N3O3. The van der Waals surface area contributed by atoms with E-state index < -0.39 is 23.4 Å². The van der Waals surface area contributed by atoms with E-state index in [9.17, 15) is 22.8 Å². The number of anilines is 1. The maximum Gasteiger partial charge on any atom is 0.416 e. The first-order valence-electron chi connectivity index (χ1n) is 9.14. The van der Waals surface area contributed by atoms with E-state index in [0.29, 0.717) is 31.9 Å². The van der Waals surface area contributed by atoms with Crippen LogP contribution in [-0.4, -0.2) is 66.2 Å². The number of amides is 2. The fourth-order valence-corrected chi connectivity index (χ4v) is 3.46. The highest BCUT2D eigenvalue weighted by atomic mass is 19.4. The van der Waals surface area contributed by atoms with E-state index >= 15 is 0 Å². The number of fused-ring (bicyclic) bond motifs is 1. The standard InChI is InChI=1S/C19H24F3N3O3/c1-18(2,3)28-17(27)23-8-9-25-15(10-23)11-24(12-16(25)26)14-6-4-13(5-7-14)19(20,21)22/h4-7,15H,8-12H2,1-3H3. The van der Waals surface area contributed by atoms with Gasteiger partial charge in [0.05, 0.1) is 18.2 Å². The van der Waals surface area contributed by atoms with Crippen LogP contribution in [0, 0.1) is 0 Å². The molecule has 2 heterocycles. The van der Waals surface area contributed by atoms with Crippen LogP contribution in [0.2, 0.25) is 0 Å². The minimum absolute atomic E-state index is 0.0972. The zero-order valence-electron chi connectivity index (χ0n) is 16.1. The van der Waals surface area contributed by atoms with Crippen molar-refractivity contribution in [3.63, 3.8) is 0 Å². The Hall–Kier alpha value is -2.45. The van der Waals surface area contributed by atoms with Crippen molar-refractivity contribution in [2.75, 3.05) is 37.6 Å². The summed E-state index contributed by atoms with van der Waals surface area (Å²) in [6.45, 7) is 7.07. The van der Waals surface area contributed by atoms with Gasteiger partial charge in [-0.15, -0.1) is 0 Å². The van der Waals surface area contributed by atoms with Gasteiger partial charge in [-0.2, -0.15) is 13.2 Å².